The molecular weight excluding hydrogens is 446 g/mol. The number of carboxylic acids is 1. The third-order valence-corrected chi connectivity index (χ3v) is 5.15. The van der Waals surface area contributed by atoms with Crippen LogP contribution >= 0.6 is 0 Å². The SMILES string of the molecule is COc1ccc(COC(=O)NC(C(=O)N[C@@H]2C(=O)N(OCC(=O)O)[C@H]2C)c2ccccc2)cc1. The molecule has 3 N–H and O–H groups in total. The van der Waals surface area contributed by atoms with Crippen molar-refractivity contribution >= 4 is 23.9 Å². The summed E-state index contributed by atoms with van der Waals surface area (Å²) in [5.74, 6) is -1.78. The molecule has 11 heteroatoms. The van der Waals surface area contributed by atoms with Crippen LogP contribution in [0, 0.1) is 0 Å². The van der Waals surface area contributed by atoms with Crippen LogP contribution in [0.3, 0.4) is 0 Å². The number of alkyl carbamates (subject to hydrolysis) is 1. The molecule has 2 aromatic rings. The fourth-order valence-electron chi connectivity index (χ4n) is 3.30. The molecule has 1 aliphatic heterocycles. The number of benzene rings is 2. The highest BCUT2D eigenvalue weighted by Gasteiger charge is 2.47. The first-order valence-corrected chi connectivity index (χ1v) is 10.4. The van der Waals surface area contributed by atoms with Crippen molar-refractivity contribution in [2.45, 2.75) is 31.7 Å². The molecule has 180 valence electrons. The van der Waals surface area contributed by atoms with Crippen LogP contribution in [-0.4, -0.2) is 59.8 Å². The molecule has 3 rings (SSSR count). The maximum atomic E-state index is 13.0. The second kappa shape index (κ2) is 11.1. The predicted molar refractivity (Wildman–Crippen MR) is 117 cm³/mol. The van der Waals surface area contributed by atoms with Crippen molar-refractivity contribution in [3.05, 3.63) is 65.7 Å². The summed E-state index contributed by atoms with van der Waals surface area (Å²) in [4.78, 5) is 53.3. The highest BCUT2D eigenvalue weighted by Crippen LogP contribution is 2.22. The maximum absolute atomic E-state index is 13.0. The highest BCUT2D eigenvalue weighted by atomic mass is 16.7. The minimum Gasteiger partial charge on any atom is -0.497 e. The van der Waals surface area contributed by atoms with Crippen LogP contribution in [-0.2, 0) is 30.6 Å². The van der Waals surface area contributed by atoms with Gasteiger partial charge in [0.05, 0.1) is 13.2 Å². The second-order valence-corrected chi connectivity index (χ2v) is 7.47. The Hall–Kier alpha value is -4.12. The van der Waals surface area contributed by atoms with Gasteiger partial charge in [0.15, 0.2) is 6.61 Å². The number of methoxy groups -OCH3 is 1. The van der Waals surface area contributed by atoms with E-state index in [1.165, 1.54) is 0 Å². The zero-order valence-electron chi connectivity index (χ0n) is 18.6. The minimum atomic E-state index is -1.23. The number of rotatable bonds is 10. The van der Waals surface area contributed by atoms with Gasteiger partial charge in [-0.2, -0.15) is 0 Å². The number of carboxylic acid groups (broad SMARTS) is 1. The summed E-state index contributed by atoms with van der Waals surface area (Å²) in [5.41, 5.74) is 1.21. The van der Waals surface area contributed by atoms with Gasteiger partial charge in [-0.25, -0.2) is 14.7 Å². The Morgan fingerprint density at radius 1 is 1.09 bits per heavy atom. The normalized spacial score (nSPS) is 17.8. The Bertz CT molecular complexity index is 1030. The van der Waals surface area contributed by atoms with Gasteiger partial charge in [-0.1, -0.05) is 42.5 Å². The second-order valence-electron chi connectivity index (χ2n) is 7.47. The number of nitrogens with zero attached hydrogens (tertiary/aromatic N) is 1. The lowest BCUT2D eigenvalue weighted by Gasteiger charge is -2.43. The summed E-state index contributed by atoms with van der Waals surface area (Å²) in [6.07, 6.45) is -0.820. The van der Waals surface area contributed by atoms with Gasteiger partial charge < -0.3 is 25.2 Å². The van der Waals surface area contributed by atoms with Gasteiger partial charge in [0.1, 0.15) is 24.4 Å². The topological polar surface area (TPSA) is 143 Å². The van der Waals surface area contributed by atoms with Crippen molar-refractivity contribution in [2.75, 3.05) is 13.7 Å². The van der Waals surface area contributed by atoms with Gasteiger partial charge >= 0.3 is 12.1 Å². The first-order valence-electron chi connectivity index (χ1n) is 10.4. The molecule has 1 fully saturated rings. The molecule has 3 atom stereocenters. The summed E-state index contributed by atoms with van der Waals surface area (Å²) in [5, 5.41) is 14.7. The highest BCUT2D eigenvalue weighted by molar-refractivity contribution is 5.95. The molecular formula is C23H25N3O8. The molecule has 0 spiro atoms. The first-order chi connectivity index (χ1) is 16.3. The summed E-state index contributed by atoms with van der Waals surface area (Å²) < 4.78 is 10.3. The van der Waals surface area contributed by atoms with E-state index >= 15 is 0 Å². The average molecular weight is 471 g/mol. The number of hydrogen-bond donors (Lipinski definition) is 3. The lowest BCUT2D eigenvalue weighted by atomic mass is 9.98. The first kappa shape index (κ1) is 24.5. The number of aliphatic carboxylic acids is 1. The standard InChI is InChI=1S/C23H25N3O8/c1-14-19(22(30)26(14)34-13-18(27)28)24-21(29)20(16-6-4-3-5-7-16)25-23(31)33-12-15-8-10-17(32-2)11-9-15/h3-11,14,19-20H,12-13H2,1-2H3,(H,24,29)(H,25,31)(H,27,28)/t14-,19-,20?/m0/s1. The number of nitrogens with one attached hydrogen (secondary N) is 2. The molecule has 3 amide bonds. The van der Waals surface area contributed by atoms with E-state index in [0.717, 1.165) is 10.6 Å². The zero-order valence-corrected chi connectivity index (χ0v) is 18.6. The fraction of sp³-hybridized carbons (Fsp3) is 0.304. The number of hydroxylamine groups is 2. The van der Waals surface area contributed by atoms with Crippen molar-refractivity contribution in [2.24, 2.45) is 0 Å². The molecule has 0 saturated carbocycles. The van der Waals surface area contributed by atoms with Gasteiger partial charge in [0.25, 0.3) is 5.91 Å². The van der Waals surface area contributed by atoms with Crippen LogP contribution in [0.1, 0.15) is 24.1 Å². The third kappa shape index (κ3) is 6.01. The van der Waals surface area contributed by atoms with E-state index in [2.05, 4.69) is 10.6 Å². The van der Waals surface area contributed by atoms with Gasteiger partial charge in [0, 0.05) is 0 Å². The van der Waals surface area contributed by atoms with E-state index in [9.17, 15) is 19.2 Å². The van der Waals surface area contributed by atoms with Crippen molar-refractivity contribution in [1.29, 1.82) is 0 Å². The van der Waals surface area contributed by atoms with E-state index in [4.69, 9.17) is 19.4 Å². The Balaban J connectivity index is 1.62. The zero-order chi connectivity index (χ0) is 24.7. The van der Waals surface area contributed by atoms with Crippen LogP contribution < -0.4 is 15.4 Å². The van der Waals surface area contributed by atoms with E-state index in [1.807, 2.05) is 0 Å². The molecule has 1 heterocycles. The van der Waals surface area contributed by atoms with Crippen LogP contribution in [0.5, 0.6) is 5.75 Å². The monoisotopic (exact) mass is 471 g/mol. The van der Waals surface area contributed by atoms with E-state index in [-0.39, 0.29) is 6.61 Å². The summed E-state index contributed by atoms with van der Waals surface area (Å²) in [6, 6.07) is 12.8. The van der Waals surface area contributed by atoms with Crippen LogP contribution in [0.4, 0.5) is 4.79 Å². The molecule has 0 bridgehead atoms. The molecule has 0 aliphatic carbocycles. The molecule has 1 unspecified atom stereocenters. The Labute approximate surface area is 195 Å². The van der Waals surface area contributed by atoms with Gasteiger partial charge in [-0.05, 0) is 30.2 Å². The molecule has 2 aromatic carbocycles. The summed E-state index contributed by atoms with van der Waals surface area (Å²) >= 11 is 0. The third-order valence-electron chi connectivity index (χ3n) is 5.15. The van der Waals surface area contributed by atoms with Crippen LogP contribution in [0.25, 0.3) is 0 Å². The Kier molecular flexibility index (Phi) is 8.04. The average Bonchev–Trinajstić information content (AvgIpc) is 2.85. The molecule has 1 saturated heterocycles. The van der Waals surface area contributed by atoms with Gasteiger partial charge in [0.2, 0.25) is 5.91 Å². The van der Waals surface area contributed by atoms with Crippen molar-refractivity contribution < 1.29 is 38.6 Å². The van der Waals surface area contributed by atoms with E-state index < -0.39 is 48.6 Å². The molecule has 0 aromatic heterocycles. The Morgan fingerprint density at radius 2 is 1.76 bits per heavy atom. The lowest BCUT2D eigenvalue weighted by Crippen LogP contribution is -2.70. The minimum absolute atomic E-state index is 0.0209. The number of hydrogen-bond acceptors (Lipinski definition) is 7. The summed E-state index contributed by atoms with van der Waals surface area (Å²) in [6.45, 7) is 0.903. The van der Waals surface area contributed by atoms with E-state index in [0.29, 0.717) is 11.3 Å². The summed E-state index contributed by atoms with van der Waals surface area (Å²) in [7, 11) is 1.55. The van der Waals surface area contributed by atoms with Crippen LogP contribution in [0.15, 0.2) is 54.6 Å². The predicted octanol–water partition coefficient (Wildman–Crippen LogP) is 1.39. The quantitative estimate of drug-likeness (QED) is 0.441. The number of amides is 3. The van der Waals surface area contributed by atoms with Gasteiger partial charge in [-0.15, -0.1) is 0 Å². The number of ether oxygens (including phenoxy) is 2. The van der Waals surface area contributed by atoms with Crippen molar-refractivity contribution in [3.63, 3.8) is 0 Å². The largest absolute Gasteiger partial charge is 0.497 e. The molecule has 1 aliphatic rings. The Morgan fingerprint density at radius 3 is 2.35 bits per heavy atom. The fourth-order valence-corrected chi connectivity index (χ4v) is 3.30. The van der Waals surface area contributed by atoms with E-state index in [1.54, 1.807) is 68.6 Å². The number of β-lactam (4-membered cyclic amide) rings is 1. The van der Waals surface area contributed by atoms with Crippen LogP contribution in [0.2, 0.25) is 0 Å². The lowest BCUT2D eigenvalue weighted by molar-refractivity contribution is -0.233. The molecule has 11 nitrogen and oxygen atoms in total. The number of carbonyl (C=O) groups excluding carboxylic acids is 3. The molecule has 34 heavy (non-hydrogen) atoms. The van der Waals surface area contributed by atoms with Gasteiger partial charge in [-0.3, -0.25) is 14.4 Å². The maximum Gasteiger partial charge on any atom is 0.408 e. The number of carbonyl (C=O) groups is 4. The van der Waals surface area contributed by atoms with Crippen molar-refractivity contribution in [1.82, 2.24) is 15.7 Å². The molecule has 0 radical (unpaired) electrons. The smallest absolute Gasteiger partial charge is 0.408 e. The van der Waals surface area contributed by atoms with Crippen molar-refractivity contribution in [3.8, 4) is 5.75 Å².